The Hall–Kier alpha value is -3.43. The van der Waals surface area contributed by atoms with Crippen molar-refractivity contribution in [1.82, 2.24) is 14.6 Å². The monoisotopic (exact) mass is 552 g/mol. The van der Waals surface area contributed by atoms with Gasteiger partial charge in [0.1, 0.15) is 5.82 Å². The second-order valence-corrected chi connectivity index (χ2v) is 10.1. The number of morpholine rings is 1. The van der Waals surface area contributed by atoms with Gasteiger partial charge in [0.05, 0.1) is 42.0 Å². The summed E-state index contributed by atoms with van der Waals surface area (Å²) in [6.45, 7) is 4.19. The molecule has 2 fully saturated rings. The van der Waals surface area contributed by atoms with Gasteiger partial charge in [-0.3, -0.25) is 9.59 Å². The van der Waals surface area contributed by atoms with Crippen LogP contribution in [0.5, 0.6) is 11.5 Å². The lowest BCUT2D eigenvalue weighted by Crippen LogP contribution is -2.43. The summed E-state index contributed by atoms with van der Waals surface area (Å²) in [7, 11) is 0. The van der Waals surface area contributed by atoms with E-state index in [2.05, 4.69) is 5.10 Å². The molecule has 1 aliphatic carbocycles. The van der Waals surface area contributed by atoms with E-state index in [0.29, 0.717) is 66.7 Å². The number of halogens is 1. The van der Waals surface area contributed by atoms with Gasteiger partial charge in [-0.2, -0.15) is 9.78 Å². The first-order valence-electron chi connectivity index (χ1n) is 13.6. The highest BCUT2D eigenvalue weighted by atomic mass is 35.5. The molecule has 0 atom stereocenters. The molecule has 0 spiro atoms. The number of carbonyl (C=O) groups is 1. The van der Waals surface area contributed by atoms with E-state index in [1.54, 1.807) is 29.3 Å². The highest BCUT2D eigenvalue weighted by Gasteiger charge is 2.23. The van der Waals surface area contributed by atoms with Crippen molar-refractivity contribution in [3.8, 4) is 11.5 Å². The Kier molecular flexibility index (Phi) is 8.78. The molecule has 3 aromatic rings. The summed E-state index contributed by atoms with van der Waals surface area (Å²) in [5.74, 6) is 1.42. The molecule has 39 heavy (non-hydrogen) atoms. The molecule has 10 heteroatoms. The van der Waals surface area contributed by atoms with Crippen LogP contribution in [0, 0.1) is 0 Å². The van der Waals surface area contributed by atoms with E-state index in [9.17, 15) is 9.59 Å². The molecule has 2 heterocycles. The third kappa shape index (κ3) is 6.25. The molecule has 0 bridgehead atoms. The number of para-hydroxylation sites is 1. The molecule has 206 valence electrons. The highest BCUT2D eigenvalue weighted by Crippen LogP contribution is 2.37. The number of carbonyl (C=O) groups excluding carboxylic acids is 1. The number of ether oxygens (including phenoxy) is 3. The van der Waals surface area contributed by atoms with Crippen molar-refractivity contribution in [3.63, 3.8) is 0 Å². The minimum atomic E-state index is -0.199. The summed E-state index contributed by atoms with van der Waals surface area (Å²) in [5, 5.41) is 5.41. The molecule has 2 aliphatic rings. The van der Waals surface area contributed by atoms with Crippen molar-refractivity contribution < 1.29 is 19.0 Å². The molecular weight excluding hydrogens is 520 g/mol. The number of fused-ring (bicyclic) bond motifs is 1. The first kappa shape index (κ1) is 27.1. The van der Waals surface area contributed by atoms with E-state index < -0.39 is 0 Å². The van der Waals surface area contributed by atoms with Crippen LogP contribution in [0.15, 0.2) is 46.3 Å². The van der Waals surface area contributed by atoms with Gasteiger partial charge in [0.15, 0.2) is 18.1 Å². The maximum atomic E-state index is 13.5. The van der Waals surface area contributed by atoms with E-state index in [1.807, 2.05) is 25.1 Å². The number of hydrogen-bond donors (Lipinski definition) is 0. The number of amides is 1. The molecular formula is C29H33ClN4O5. The quantitative estimate of drug-likeness (QED) is 0.379. The topological polar surface area (TPSA) is 95.2 Å². The van der Waals surface area contributed by atoms with Gasteiger partial charge in [0.2, 0.25) is 0 Å². The zero-order valence-corrected chi connectivity index (χ0v) is 22.9. The fourth-order valence-electron chi connectivity index (χ4n) is 5.11. The summed E-state index contributed by atoms with van der Waals surface area (Å²) in [5.41, 5.74) is 1.12. The molecule has 0 unspecified atom stereocenters. The van der Waals surface area contributed by atoms with E-state index in [-0.39, 0.29) is 29.0 Å². The van der Waals surface area contributed by atoms with Gasteiger partial charge < -0.3 is 19.1 Å². The third-order valence-corrected chi connectivity index (χ3v) is 7.39. The van der Waals surface area contributed by atoms with Crippen LogP contribution in [-0.4, -0.2) is 66.2 Å². The number of benzene rings is 2. The lowest BCUT2D eigenvalue weighted by atomic mass is 9.88. The van der Waals surface area contributed by atoms with Crippen molar-refractivity contribution in [1.29, 1.82) is 0 Å². The SMILES string of the molecule is CCOc1cc(C=Nn2c(C3CCCCC3)nc3ccccc3c2=O)cc(Cl)c1OCC(=O)N1CCOCC1. The van der Waals surface area contributed by atoms with E-state index in [0.717, 1.165) is 25.7 Å². The molecule has 5 rings (SSSR count). The van der Waals surface area contributed by atoms with Crippen LogP contribution in [-0.2, 0) is 9.53 Å². The van der Waals surface area contributed by atoms with Gasteiger partial charge in [-0.1, -0.05) is 43.0 Å². The van der Waals surface area contributed by atoms with Crippen LogP contribution in [0.4, 0.5) is 0 Å². The maximum Gasteiger partial charge on any atom is 0.282 e. The number of aromatic nitrogens is 2. The van der Waals surface area contributed by atoms with Crippen LogP contribution < -0.4 is 15.0 Å². The summed E-state index contributed by atoms with van der Waals surface area (Å²) in [6, 6.07) is 10.8. The minimum Gasteiger partial charge on any atom is -0.490 e. The molecule has 2 aromatic carbocycles. The number of nitrogens with zero attached hydrogens (tertiary/aromatic N) is 4. The Morgan fingerprint density at radius 3 is 2.69 bits per heavy atom. The van der Waals surface area contributed by atoms with Crippen LogP contribution >= 0.6 is 11.6 Å². The third-order valence-electron chi connectivity index (χ3n) is 7.11. The Bertz CT molecular complexity index is 1410. The summed E-state index contributed by atoms with van der Waals surface area (Å²) < 4.78 is 18.3. The van der Waals surface area contributed by atoms with Crippen molar-refractivity contribution in [2.45, 2.75) is 44.9 Å². The second kappa shape index (κ2) is 12.6. The van der Waals surface area contributed by atoms with Crippen molar-refractivity contribution in [2.24, 2.45) is 5.10 Å². The second-order valence-electron chi connectivity index (χ2n) is 9.73. The highest BCUT2D eigenvalue weighted by molar-refractivity contribution is 6.32. The average Bonchev–Trinajstić information content (AvgIpc) is 2.97. The predicted octanol–water partition coefficient (Wildman–Crippen LogP) is 4.62. The Labute approximate surface area is 232 Å². The summed E-state index contributed by atoms with van der Waals surface area (Å²) in [6.07, 6.45) is 6.97. The standard InChI is InChI=1S/C29H33ClN4O5/c1-2-38-25-17-20(16-23(30)27(25)39-19-26(35)33-12-14-37-15-13-33)18-31-34-28(21-8-4-3-5-9-21)32-24-11-7-6-10-22(24)29(34)36/h6-7,10-11,16-18,21H,2-5,8-9,12-15,19H2,1H3. The predicted molar refractivity (Wildman–Crippen MR) is 150 cm³/mol. The van der Waals surface area contributed by atoms with Gasteiger partial charge in [-0.25, -0.2) is 4.98 Å². The van der Waals surface area contributed by atoms with Gasteiger partial charge in [0.25, 0.3) is 11.5 Å². The van der Waals surface area contributed by atoms with Crippen molar-refractivity contribution in [2.75, 3.05) is 39.5 Å². The van der Waals surface area contributed by atoms with Gasteiger partial charge in [0, 0.05) is 19.0 Å². The lowest BCUT2D eigenvalue weighted by molar-refractivity contribution is -0.137. The molecule has 1 amide bonds. The number of hydrogen-bond acceptors (Lipinski definition) is 7. The van der Waals surface area contributed by atoms with Crippen LogP contribution in [0.3, 0.4) is 0 Å². The van der Waals surface area contributed by atoms with Crippen LogP contribution in [0.25, 0.3) is 10.9 Å². The minimum absolute atomic E-state index is 0.138. The zero-order chi connectivity index (χ0) is 27.2. The fraction of sp³-hybridized carbons (Fsp3) is 0.448. The largest absolute Gasteiger partial charge is 0.490 e. The average molecular weight is 553 g/mol. The molecule has 1 saturated carbocycles. The maximum absolute atomic E-state index is 13.5. The Morgan fingerprint density at radius 2 is 1.92 bits per heavy atom. The molecule has 0 radical (unpaired) electrons. The lowest BCUT2D eigenvalue weighted by Gasteiger charge is -2.27. The first-order valence-corrected chi connectivity index (χ1v) is 13.9. The first-order chi connectivity index (χ1) is 19.0. The number of rotatable bonds is 8. The molecule has 1 aromatic heterocycles. The zero-order valence-electron chi connectivity index (χ0n) is 22.1. The summed E-state index contributed by atoms with van der Waals surface area (Å²) >= 11 is 6.59. The summed E-state index contributed by atoms with van der Waals surface area (Å²) in [4.78, 5) is 32.6. The smallest absolute Gasteiger partial charge is 0.282 e. The Balaban J connectivity index is 1.44. The van der Waals surface area contributed by atoms with Gasteiger partial charge in [-0.15, -0.1) is 0 Å². The van der Waals surface area contributed by atoms with Crippen molar-refractivity contribution >= 4 is 34.6 Å². The van der Waals surface area contributed by atoms with E-state index in [1.165, 1.54) is 11.1 Å². The molecule has 9 nitrogen and oxygen atoms in total. The molecule has 0 N–H and O–H groups in total. The van der Waals surface area contributed by atoms with Crippen molar-refractivity contribution in [3.05, 3.63) is 63.2 Å². The van der Waals surface area contributed by atoms with Gasteiger partial charge >= 0.3 is 0 Å². The Morgan fingerprint density at radius 1 is 1.15 bits per heavy atom. The van der Waals surface area contributed by atoms with E-state index >= 15 is 0 Å². The van der Waals surface area contributed by atoms with E-state index in [4.69, 9.17) is 30.8 Å². The fourth-order valence-corrected chi connectivity index (χ4v) is 5.38. The van der Waals surface area contributed by atoms with Crippen LogP contribution in [0.2, 0.25) is 5.02 Å². The normalized spacial score (nSPS) is 16.6. The van der Waals surface area contributed by atoms with Crippen LogP contribution in [0.1, 0.15) is 56.3 Å². The molecule has 1 saturated heterocycles. The molecule has 1 aliphatic heterocycles. The van der Waals surface area contributed by atoms with Gasteiger partial charge in [-0.05, 0) is 49.6 Å².